The van der Waals surface area contributed by atoms with E-state index in [0.717, 1.165) is 64.0 Å². The van der Waals surface area contributed by atoms with Crippen LogP contribution in [-0.4, -0.2) is 72.2 Å². The minimum absolute atomic E-state index is 0.111. The molecule has 1 atom stereocenters. The van der Waals surface area contributed by atoms with Crippen molar-refractivity contribution < 1.29 is 9.53 Å². The number of carbonyl (C=O) groups excluding carboxylic acids is 1. The molecule has 26 heavy (non-hydrogen) atoms. The Labute approximate surface area is 155 Å². The van der Waals surface area contributed by atoms with E-state index in [9.17, 15) is 4.79 Å². The zero-order valence-electron chi connectivity index (χ0n) is 15.7. The molecule has 142 valence electrons. The number of morpholine rings is 1. The van der Waals surface area contributed by atoms with Crippen LogP contribution in [0.4, 0.5) is 5.82 Å². The zero-order chi connectivity index (χ0) is 17.9. The topological polar surface area (TPSA) is 57.7 Å². The van der Waals surface area contributed by atoms with Gasteiger partial charge in [-0.2, -0.15) is 0 Å². The van der Waals surface area contributed by atoms with Gasteiger partial charge in [-0.3, -0.25) is 9.69 Å². The van der Waals surface area contributed by atoms with E-state index in [2.05, 4.69) is 22.1 Å². The molecule has 0 spiro atoms. The lowest BCUT2D eigenvalue weighted by molar-refractivity contribution is 0.00158. The quantitative estimate of drug-likeness (QED) is 0.875. The largest absolute Gasteiger partial charge is 0.379 e. The number of nitrogens with zero attached hydrogens (tertiary/aromatic N) is 3. The van der Waals surface area contributed by atoms with E-state index in [1.165, 1.54) is 12.8 Å². The third-order valence-corrected chi connectivity index (χ3v) is 6.03. The van der Waals surface area contributed by atoms with E-state index in [4.69, 9.17) is 4.74 Å². The van der Waals surface area contributed by atoms with Gasteiger partial charge in [-0.05, 0) is 50.7 Å². The van der Waals surface area contributed by atoms with E-state index in [0.29, 0.717) is 17.6 Å². The summed E-state index contributed by atoms with van der Waals surface area (Å²) in [6.45, 7) is 7.60. The molecule has 2 saturated heterocycles. The maximum Gasteiger partial charge on any atom is 0.255 e. The maximum atomic E-state index is 12.8. The first-order chi connectivity index (χ1) is 12.7. The highest BCUT2D eigenvalue weighted by Crippen LogP contribution is 2.33. The first kappa shape index (κ1) is 17.7. The second-order valence-corrected chi connectivity index (χ2v) is 7.87. The lowest BCUT2D eigenvalue weighted by Gasteiger charge is -2.40. The molecule has 0 unspecified atom stereocenters. The smallest absolute Gasteiger partial charge is 0.255 e. The Kier molecular flexibility index (Phi) is 5.41. The van der Waals surface area contributed by atoms with Crippen LogP contribution in [0.2, 0.25) is 0 Å². The summed E-state index contributed by atoms with van der Waals surface area (Å²) in [5, 5.41) is 3.44. The molecule has 4 rings (SSSR count). The first-order valence-electron chi connectivity index (χ1n) is 10.0. The molecule has 3 aliphatic rings. The van der Waals surface area contributed by atoms with Gasteiger partial charge < -0.3 is 15.0 Å². The van der Waals surface area contributed by atoms with Gasteiger partial charge in [-0.15, -0.1) is 0 Å². The summed E-state index contributed by atoms with van der Waals surface area (Å²) in [5.74, 6) is 1.76. The SMILES string of the molecule is C[C@H](Nc1ccc(C(=O)N2CCC(N3CCOCC3)CC2)cn1)C1CC1. The molecule has 1 aromatic rings. The summed E-state index contributed by atoms with van der Waals surface area (Å²) in [6, 6.07) is 4.90. The Morgan fingerprint density at radius 2 is 1.88 bits per heavy atom. The molecule has 0 bridgehead atoms. The lowest BCUT2D eigenvalue weighted by Crippen LogP contribution is -2.50. The number of piperidine rings is 1. The molecule has 6 nitrogen and oxygen atoms in total. The third-order valence-electron chi connectivity index (χ3n) is 6.03. The monoisotopic (exact) mass is 358 g/mol. The van der Waals surface area contributed by atoms with Gasteiger partial charge in [0, 0.05) is 44.5 Å². The summed E-state index contributed by atoms with van der Waals surface area (Å²) < 4.78 is 5.44. The summed E-state index contributed by atoms with van der Waals surface area (Å²) in [5.41, 5.74) is 0.694. The van der Waals surface area contributed by atoms with Gasteiger partial charge in [0.2, 0.25) is 0 Å². The van der Waals surface area contributed by atoms with Crippen molar-refractivity contribution in [2.75, 3.05) is 44.7 Å². The number of pyridine rings is 1. The highest BCUT2D eigenvalue weighted by atomic mass is 16.5. The molecule has 3 heterocycles. The number of aromatic nitrogens is 1. The molecule has 0 aromatic carbocycles. The van der Waals surface area contributed by atoms with Gasteiger partial charge in [0.15, 0.2) is 0 Å². The normalized spacial score (nSPS) is 23.7. The first-order valence-corrected chi connectivity index (χ1v) is 10.0. The average Bonchev–Trinajstić information content (AvgIpc) is 3.54. The Balaban J connectivity index is 1.28. The number of nitrogens with one attached hydrogen (secondary N) is 1. The van der Waals surface area contributed by atoms with E-state index >= 15 is 0 Å². The van der Waals surface area contributed by atoms with Gasteiger partial charge in [-0.1, -0.05) is 0 Å². The number of hydrogen-bond donors (Lipinski definition) is 1. The van der Waals surface area contributed by atoms with Crippen molar-refractivity contribution in [2.45, 2.75) is 44.7 Å². The van der Waals surface area contributed by atoms with Crippen LogP contribution in [0.25, 0.3) is 0 Å². The lowest BCUT2D eigenvalue weighted by atomic mass is 10.0. The number of likely N-dealkylation sites (tertiary alicyclic amines) is 1. The number of anilines is 1. The molecule has 3 fully saturated rings. The molecule has 1 N–H and O–H groups in total. The summed E-state index contributed by atoms with van der Waals surface area (Å²) in [6.07, 6.45) is 6.45. The van der Waals surface area contributed by atoms with Crippen molar-refractivity contribution in [1.29, 1.82) is 0 Å². The third kappa shape index (κ3) is 4.18. The van der Waals surface area contributed by atoms with E-state index in [-0.39, 0.29) is 5.91 Å². The van der Waals surface area contributed by atoms with Crippen LogP contribution in [0, 0.1) is 5.92 Å². The Morgan fingerprint density at radius 1 is 1.15 bits per heavy atom. The molecule has 1 amide bonds. The van der Waals surface area contributed by atoms with Gasteiger partial charge in [0.1, 0.15) is 5.82 Å². The number of rotatable bonds is 5. The minimum Gasteiger partial charge on any atom is -0.379 e. The molecule has 2 aliphatic heterocycles. The van der Waals surface area contributed by atoms with Crippen molar-refractivity contribution in [3.63, 3.8) is 0 Å². The van der Waals surface area contributed by atoms with Crippen molar-refractivity contribution in [3.8, 4) is 0 Å². The zero-order valence-corrected chi connectivity index (χ0v) is 15.7. The van der Waals surface area contributed by atoms with E-state index < -0.39 is 0 Å². The average molecular weight is 358 g/mol. The summed E-state index contributed by atoms with van der Waals surface area (Å²) >= 11 is 0. The van der Waals surface area contributed by atoms with Crippen LogP contribution in [0.3, 0.4) is 0 Å². The van der Waals surface area contributed by atoms with Crippen molar-refractivity contribution in [2.24, 2.45) is 5.92 Å². The molecule has 1 aromatic heterocycles. The fraction of sp³-hybridized carbons (Fsp3) is 0.700. The molecule has 6 heteroatoms. The Morgan fingerprint density at radius 3 is 2.50 bits per heavy atom. The number of hydrogen-bond acceptors (Lipinski definition) is 5. The van der Waals surface area contributed by atoms with Crippen LogP contribution in [0.5, 0.6) is 0 Å². The van der Waals surface area contributed by atoms with E-state index in [1.54, 1.807) is 6.20 Å². The fourth-order valence-electron chi connectivity index (χ4n) is 4.11. The van der Waals surface area contributed by atoms with Crippen LogP contribution >= 0.6 is 0 Å². The second-order valence-electron chi connectivity index (χ2n) is 7.87. The van der Waals surface area contributed by atoms with Gasteiger partial charge in [0.25, 0.3) is 5.91 Å². The second kappa shape index (κ2) is 7.92. The highest BCUT2D eigenvalue weighted by molar-refractivity contribution is 5.94. The Hall–Kier alpha value is -1.66. The van der Waals surface area contributed by atoms with Crippen LogP contribution < -0.4 is 5.32 Å². The molecular formula is C20H30N4O2. The van der Waals surface area contributed by atoms with Gasteiger partial charge in [-0.25, -0.2) is 4.98 Å². The van der Waals surface area contributed by atoms with Crippen molar-refractivity contribution in [3.05, 3.63) is 23.9 Å². The summed E-state index contributed by atoms with van der Waals surface area (Å²) in [7, 11) is 0. The standard InChI is InChI=1S/C20H30N4O2/c1-15(16-2-3-16)22-19-5-4-17(14-21-19)20(25)24-8-6-18(7-9-24)23-10-12-26-13-11-23/h4-5,14-16,18H,2-3,6-13H2,1H3,(H,21,22)/t15-/m0/s1. The van der Waals surface area contributed by atoms with E-state index in [1.807, 2.05) is 17.0 Å². The highest BCUT2D eigenvalue weighted by Gasteiger charge is 2.29. The minimum atomic E-state index is 0.111. The van der Waals surface area contributed by atoms with Gasteiger partial charge >= 0.3 is 0 Å². The van der Waals surface area contributed by atoms with Crippen LogP contribution in [0.15, 0.2) is 18.3 Å². The number of carbonyl (C=O) groups is 1. The Bertz CT molecular complexity index is 603. The fourth-order valence-corrected chi connectivity index (χ4v) is 4.11. The molecule has 0 radical (unpaired) electrons. The predicted octanol–water partition coefficient (Wildman–Crippen LogP) is 2.23. The predicted molar refractivity (Wildman–Crippen MR) is 101 cm³/mol. The van der Waals surface area contributed by atoms with Crippen LogP contribution in [-0.2, 0) is 4.74 Å². The van der Waals surface area contributed by atoms with Crippen LogP contribution in [0.1, 0.15) is 43.0 Å². The van der Waals surface area contributed by atoms with Crippen molar-refractivity contribution in [1.82, 2.24) is 14.8 Å². The number of ether oxygens (including phenoxy) is 1. The van der Waals surface area contributed by atoms with Crippen molar-refractivity contribution >= 4 is 11.7 Å². The maximum absolute atomic E-state index is 12.8. The number of amides is 1. The summed E-state index contributed by atoms with van der Waals surface area (Å²) in [4.78, 5) is 21.7. The molecule has 1 saturated carbocycles. The molecule has 1 aliphatic carbocycles. The molecular weight excluding hydrogens is 328 g/mol. The van der Waals surface area contributed by atoms with Gasteiger partial charge in [0.05, 0.1) is 18.8 Å².